The molecule has 3 rings (SSSR count). The average Bonchev–Trinajstić information content (AvgIpc) is 2.85. The molecule has 1 N–H and O–H groups in total. The Morgan fingerprint density at radius 2 is 2.22 bits per heavy atom. The van der Waals surface area contributed by atoms with Crippen LogP contribution in [0.25, 0.3) is 0 Å². The number of rotatable bonds is 2. The summed E-state index contributed by atoms with van der Waals surface area (Å²) in [6.07, 6.45) is 3.86. The van der Waals surface area contributed by atoms with Crippen LogP contribution in [0.4, 0.5) is 0 Å². The molecule has 2 nitrogen and oxygen atoms in total. The summed E-state index contributed by atoms with van der Waals surface area (Å²) in [7, 11) is 0. The van der Waals surface area contributed by atoms with Gasteiger partial charge in [0.05, 0.1) is 17.3 Å². The van der Waals surface area contributed by atoms with Crippen LogP contribution in [0.3, 0.4) is 0 Å². The van der Waals surface area contributed by atoms with E-state index < -0.39 is 0 Å². The predicted molar refractivity (Wildman–Crippen MR) is 73.6 cm³/mol. The number of hydrogen-bond donors (Lipinski definition) is 1. The van der Waals surface area contributed by atoms with Crippen molar-refractivity contribution < 1.29 is 5.11 Å². The van der Waals surface area contributed by atoms with E-state index in [-0.39, 0.29) is 6.10 Å². The van der Waals surface area contributed by atoms with Crippen LogP contribution in [0.2, 0.25) is 0 Å². The van der Waals surface area contributed by atoms with Gasteiger partial charge in [-0.2, -0.15) is 0 Å². The normalized spacial score (nSPS) is 23.4. The summed E-state index contributed by atoms with van der Waals surface area (Å²) in [6, 6.07) is 8.29. The maximum absolute atomic E-state index is 10.6. The van der Waals surface area contributed by atoms with Crippen molar-refractivity contribution in [2.45, 2.75) is 31.8 Å². The summed E-state index contributed by atoms with van der Waals surface area (Å²) in [5, 5.41) is 12.7. The van der Waals surface area contributed by atoms with Gasteiger partial charge in [-0.05, 0) is 42.7 Å². The van der Waals surface area contributed by atoms with Crippen molar-refractivity contribution in [3.63, 3.8) is 0 Å². The quantitative estimate of drug-likeness (QED) is 0.839. The van der Waals surface area contributed by atoms with Gasteiger partial charge in [0.2, 0.25) is 0 Å². The molecule has 3 heteroatoms. The Hall–Kier alpha value is -1.19. The van der Waals surface area contributed by atoms with Crippen LogP contribution < -0.4 is 0 Å². The van der Waals surface area contributed by atoms with Gasteiger partial charge in [0.1, 0.15) is 0 Å². The van der Waals surface area contributed by atoms with Crippen LogP contribution in [0.5, 0.6) is 0 Å². The highest BCUT2D eigenvalue weighted by molar-refractivity contribution is 7.07. The number of aliphatic hydroxyl groups excluding tert-OH is 1. The minimum Gasteiger partial charge on any atom is -0.388 e. The SMILES string of the molecule is OC1c2ccccc2CCCC1Cc1cscn1. The summed E-state index contributed by atoms with van der Waals surface area (Å²) in [5.41, 5.74) is 5.41. The molecular weight excluding hydrogens is 242 g/mol. The zero-order valence-corrected chi connectivity index (χ0v) is 11.1. The summed E-state index contributed by atoms with van der Waals surface area (Å²) >= 11 is 1.63. The lowest BCUT2D eigenvalue weighted by molar-refractivity contribution is 0.104. The molecule has 0 saturated heterocycles. The number of hydrogen-bond acceptors (Lipinski definition) is 3. The Morgan fingerprint density at radius 1 is 1.33 bits per heavy atom. The van der Waals surface area contributed by atoms with Crippen molar-refractivity contribution in [2.24, 2.45) is 5.92 Å². The van der Waals surface area contributed by atoms with Crippen molar-refractivity contribution in [1.82, 2.24) is 4.98 Å². The third-order valence-electron chi connectivity index (χ3n) is 3.80. The van der Waals surface area contributed by atoms with Gasteiger partial charge in [0.15, 0.2) is 0 Å². The summed E-state index contributed by atoms with van der Waals surface area (Å²) < 4.78 is 0. The molecule has 1 aromatic carbocycles. The lowest BCUT2D eigenvalue weighted by atomic mass is 9.90. The molecular formula is C15H17NOS. The van der Waals surface area contributed by atoms with Crippen molar-refractivity contribution in [3.8, 4) is 0 Å². The number of fused-ring (bicyclic) bond motifs is 1. The minimum atomic E-state index is -0.342. The monoisotopic (exact) mass is 259 g/mol. The second-order valence-electron chi connectivity index (χ2n) is 4.98. The van der Waals surface area contributed by atoms with Gasteiger partial charge in [-0.3, -0.25) is 0 Å². The molecule has 0 aliphatic heterocycles. The van der Waals surface area contributed by atoms with E-state index in [9.17, 15) is 5.11 Å². The van der Waals surface area contributed by atoms with Crippen LogP contribution in [-0.4, -0.2) is 10.1 Å². The summed E-state index contributed by atoms with van der Waals surface area (Å²) in [6.45, 7) is 0. The van der Waals surface area contributed by atoms with Gasteiger partial charge in [0, 0.05) is 5.38 Å². The molecule has 0 radical (unpaired) electrons. The van der Waals surface area contributed by atoms with Crippen LogP contribution >= 0.6 is 11.3 Å². The van der Waals surface area contributed by atoms with Gasteiger partial charge < -0.3 is 5.11 Å². The lowest BCUT2D eigenvalue weighted by Gasteiger charge is -2.21. The zero-order valence-electron chi connectivity index (χ0n) is 10.2. The average molecular weight is 259 g/mol. The molecule has 1 aromatic heterocycles. The zero-order chi connectivity index (χ0) is 12.4. The molecule has 94 valence electrons. The number of aryl methyl sites for hydroxylation is 1. The maximum Gasteiger partial charge on any atom is 0.0824 e. The highest BCUT2D eigenvalue weighted by Gasteiger charge is 2.26. The number of benzene rings is 1. The molecule has 0 amide bonds. The highest BCUT2D eigenvalue weighted by atomic mass is 32.1. The predicted octanol–water partition coefficient (Wildman–Crippen LogP) is 3.37. The Kier molecular flexibility index (Phi) is 3.43. The van der Waals surface area contributed by atoms with E-state index in [2.05, 4.69) is 28.6 Å². The Morgan fingerprint density at radius 3 is 3.06 bits per heavy atom. The van der Waals surface area contributed by atoms with E-state index in [4.69, 9.17) is 0 Å². The van der Waals surface area contributed by atoms with Gasteiger partial charge in [-0.1, -0.05) is 24.3 Å². The second kappa shape index (κ2) is 5.21. The first-order valence-corrected chi connectivity index (χ1v) is 7.42. The number of aliphatic hydroxyl groups is 1. The van der Waals surface area contributed by atoms with E-state index in [1.807, 2.05) is 11.6 Å². The van der Waals surface area contributed by atoms with E-state index in [1.54, 1.807) is 11.3 Å². The van der Waals surface area contributed by atoms with Crippen molar-refractivity contribution in [1.29, 1.82) is 0 Å². The first-order valence-electron chi connectivity index (χ1n) is 6.47. The van der Waals surface area contributed by atoms with Crippen LogP contribution in [0.1, 0.15) is 35.8 Å². The topological polar surface area (TPSA) is 33.1 Å². The lowest BCUT2D eigenvalue weighted by Crippen LogP contribution is -2.14. The first kappa shape index (κ1) is 11.9. The molecule has 18 heavy (non-hydrogen) atoms. The molecule has 0 fully saturated rings. The largest absolute Gasteiger partial charge is 0.388 e. The number of thiazole rings is 1. The van der Waals surface area contributed by atoms with Crippen LogP contribution in [-0.2, 0) is 12.8 Å². The van der Waals surface area contributed by atoms with Crippen molar-refractivity contribution >= 4 is 11.3 Å². The van der Waals surface area contributed by atoms with Gasteiger partial charge in [-0.15, -0.1) is 11.3 Å². The molecule has 2 unspecified atom stereocenters. The molecule has 0 bridgehead atoms. The summed E-state index contributed by atoms with van der Waals surface area (Å²) in [4.78, 5) is 4.34. The van der Waals surface area contributed by atoms with E-state index >= 15 is 0 Å². The molecule has 1 aliphatic carbocycles. The Labute approximate surface area is 111 Å². The fourth-order valence-electron chi connectivity index (χ4n) is 2.84. The van der Waals surface area contributed by atoms with E-state index in [1.165, 1.54) is 5.56 Å². The maximum atomic E-state index is 10.6. The first-order chi connectivity index (χ1) is 8.84. The van der Waals surface area contributed by atoms with Crippen LogP contribution in [0.15, 0.2) is 35.2 Å². The minimum absolute atomic E-state index is 0.302. The molecule has 1 aliphatic rings. The fraction of sp³-hybridized carbons (Fsp3) is 0.400. The van der Waals surface area contributed by atoms with Gasteiger partial charge in [0.25, 0.3) is 0 Å². The third kappa shape index (κ3) is 2.33. The Balaban J connectivity index is 1.85. The Bertz CT molecular complexity index is 509. The standard InChI is InChI=1S/C15H17NOS/c17-15-12(8-13-9-18-10-16-13)6-3-5-11-4-1-2-7-14(11)15/h1-2,4,7,9-10,12,15,17H,3,5-6,8H2. The van der Waals surface area contributed by atoms with Crippen molar-refractivity contribution in [3.05, 3.63) is 52.0 Å². The number of aromatic nitrogens is 1. The molecule has 2 atom stereocenters. The van der Waals surface area contributed by atoms with Gasteiger partial charge in [-0.25, -0.2) is 4.98 Å². The van der Waals surface area contributed by atoms with Crippen molar-refractivity contribution in [2.75, 3.05) is 0 Å². The molecule has 1 heterocycles. The van der Waals surface area contributed by atoms with E-state index in [0.29, 0.717) is 5.92 Å². The second-order valence-corrected chi connectivity index (χ2v) is 5.70. The molecule has 0 spiro atoms. The molecule has 2 aromatic rings. The highest BCUT2D eigenvalue weighted by Crippen LogP contribution is 2.34. The van der Waals surface area contributed by atoms with Crippen LogP contribution in [0, 0.1) is 5.92 Å². The fourth-order valence-corrected chi connectivity index (χ4v) is 3.41. The third-order valence-corrected chi connectivity index (χ3v) is 4.43. The molecule has 0 saturated carbocycles. The number of nitrogens with zero attached hydrogens (tertiary/aromatic N) is 1. The smallest absolute Gasteiger partial charge is 0.0824 e. The summed E-state index contributed by atoms with van der Waals surface area (Å²) in [5.74, 6) is 0.302. The van der Waals surface area contributed by atoms with Gasteiger partial charge >= 0.3 is 0 Å². The van der Waals surface area contributed by atoms with E-state index in [0.717, 1.165) is 36.9 Å².